The molecule has 2 amide bonds. The maximum absolute atomic E-state index is 14.8. The maximum Gasteiger partial charge on any atom is 0.272 e. The molecule has 0 unspecified atom stereocenters. The third kappa shape index (κ3) is 10.1. The van der Waals surface area contributed by atoms with Crippen LogP contribution in [0, 0.1) is 16.7 Å². The SMILES string of the molecule is CC(=O)N1CCc2c(c(N3CCCc4cc(-c5cnn(C)c5)c(C(F)F)cc43)nn2C2CCC3(CC2)CCN(C2CCN(c4ccc(C(=O)NC5CCC(Oc6ccc(C#N)c(Cl)c6)CC5)nn4)CC2)CC3)C1. The normalized spacial score (nSPS) is 21.7. The lowest BCUT2D eigenvalue weighted by molar-refractivity contribution is -0.129. The van der Waals surface area contributed by atoms with E-state index in [9.17, 15) is 18.4 Å². The van der Waals surface area contributed by atoms with Gasteiger partial charge in [-0.25, -0.2) is 8.78 Å². The van der Waals surface area contributed by atoms with Crippen molar-refractivity contribution in [3.05, 3.63) is 93.5 Å². The average molecular weight is 1020 g/mol. The number of likely N-dealkylation sites (tertiary alicyclic amines) is 1. The van der Waals surface area contributed by atoms with Gasteiger partial charge < -0.3 is 29.7 Å². The molecule has 4 aliphatic heterocycles. The number of rotatable bonds is 10. The summed E-state index contributed by atoms with van der Waals surface area (Å²) in [5.74, 6) is 2.10. The van der Waals surface area contributed by atoms with Crippen LogP contribution in [-0.2, 0) is 31.2 Å². The Balaban J connectivity index is 0.672. The molecule has 15 nitrogen and oxygen atoms in total. The molecular formula is C55H65ClF2N12O3. The number of aromatic nitrogens is 6. The Hall–Kier alpha value is -6.12. The van der Waals surface area contributed by atoms with Crippen molar-refractivity contribution in [1.29, 1.82) is 5.26 Å². The largest absolute Gasteiger partial charge is 0.490 e. The highest BCUT2D eigenvalue weighted by Gasteiger charge is 2.42. The molecule has 2 saturated heterocycles. The van der Waals surface area contributed by atoms with Gasteiger partial charge in [0.25, 0.3) is 12.3 Å². The van der Waals surface area contributed by atoms with E-state index in [0.29, 0.717) is 64.2 Å². The summed E-state index contributed by atoms with van der Waals surface area (Å²) in [5, 5.41) is 31.2. The Bertz CT molecular complexity index is 2870. The van der Waals surface area contributed by atoms with E-state index in [2.05, 4.69) is 46.1 Å². The zero-order chi connectivity index (χ0) is 50.4. The number of hydrogen-bond donors (Lipinski definition) is 1. The number of alkyl halides is 2. The van der Waals surface area contributed by atoms with Gasteiger partial charge in [-0.05, 0) is 156 Å². The minimum absolute atomic E-state index is 0.000743. The Morgan fingerprint density at radius 2 is 1.67 bits per heavy atom. The molecule has 0 radical (unpaired) electrons. The van der Waals surface area contributed by atoms with Gasteiger partial charge in [0.1, 0.15) is 11.8 Å². The van der Waals surface area contributed by atoms with E-state index in [4.69, 9.17) is 26.7 Å². The number of nitrogens with one attached hydrogen (secondary N) is 1. The number of halogens is 3. The number of benzene rings is 2. The van der Waals surface area contributed by atoms with E-state index in [1.807, 2.05) is 17.0 Å². The molecule has 2 aromatic carbocycles. The zero-order valence-corrected chi connectivity index (χ0v) is 42.7. The molecule has 0 bridgehead atoms. The van der Waals surface area contributed by atoms with Crippen LogP contribution in [0.5, 0.6) is 5.75 Å². The molecule has 18 heteroatoms. The first kappa shape index (κ1) is 49.1. The molecule has 6 aliphatic rings. The lowest BCUT2D eigenvalue weighted by Gasteiger charge is -2.49. The number of aryl methyl sites for hydroxylation is 2. The molecule has 2 saturated carbocycles. The molecule has 0 atom stereocenters. The molecule has 5 aromatic rings. The maximum atomic E-state index is 14.8. The van der Waals surface area contributed by atoms with Crippen LogP contribution in [0.2, 0.25) is 5.02 Å². The van der Waals surface area contributed by atoms with Crippen molar-refractivity contribution in [2.75, 3.05) is 49.1 Å². The zero-order valence-electron chi connectivity index (χ0n) is 41.9. The van der Waals surface area contributed by atoms with E-state index >= 15 is 0 Å². The summed E-state index contributed by atoms with van der Waals surface area (Å²) >= 11 is 6.19. The van der Waals surface area contributed by atoms with Crippen molar-refractivity contribution < 1.29 is 23.1 Å². The fourth-order valence-electron chi connectivity index (χ4n) is 12.9. The Morgan fingerprint density at radius 1 is 0.890 bits per heavy atom. The van der Waals surface area contributed by atoms with E-state index in [1.54, 1.807) is 61.4 Å². The number of hydrogen-bond acceptors (Lipinski definition) is 11. The van der Waals surface area contributed by atoms with Gasteiger partial charge in [0.2, 0.25) is 5.91 Å². The van der Waals surface area contributed by atoms with Gasteiger partial charge in [0.15, 0.2) is 17.3 Å². The van der Waals surface area contributed by atoms with Gasteiger partial charge >= 0.3 is 0 Å². The highest BCUT2D eigenvalue weighted by Crippen LogP contribution is 2.50. The summed E-state index contributed by atoms with van der Waals surface area (Å²) in [7, 11) is 1.80. The van der Waals surface area contributed by atoms with Crippen LogP contribution in [0.1, 0.15) is 141 Å². The summed E-state index contributed by atoms with van der Waals surface area (Å²) in [5.41, 5.74) is 6.36. The summed E-state index contributed by atoms with van der Waals surface area (Å²) in [4.78, 5) is 35.0. The third-order valence-corrected chi connectivity index (χ3v) is 17.5. The lowest BCUT2D eigenvalue weighted by Crippen LogP contribution is -2.50. The van der Waals surface area contributed by atoms with Crippen LogP contribution >= 0.6 is 11.6 Å². The first-order chi connectivity index (χ1) is 35.4. The lowest BCUT2D eigenvalue weighted by atomic mass is 9.66. The van der Waals surface area contributed by atoms with Gasteiger partial charge in [0.05, 0.1) is 35.5 Å². The fraction of sp³-hybridized carbons (Fsp3) is 0.545. The Labute approximate surface area is 430 Å². The van der Waals surface area contributed by atoms with Crippen LogP contribution in [-0.4, -0.2) is 109 Å². The molecule has 384 valence electrons. The van der Waals surface area contributed by atoms with Crippen molar-refractivity contribution in [2.45, 2.75) is 140 Å². The van der Waals surface area contributed by atoms with Crippen molar-refractivity contribution in [3.8, 4) is 22.9 Å². The average Bonchev–Trinajstić information content (AvgIpc) is 4.02. The van der Waals surface area contributed by atoms with Gasteiger partial charge in [-0.2, -0.15) is 15.5 Å². The van der Waals surface area contributed by atoms with E-state index in [-0.39, 0.29) is 35.6 Å². The van der Waals surface area contributed by atoms with Gasteiger partial charge in [0, 0.05) is 99.0 Å². The second-order valence-corrected chi connectivity index (χ2v) is 21.9. The summed E-state index contributed by atoms with van der Waals surface area (Å²) in [6, 6.07) is 15.3. The molecule has 3 aromatic heterocycles. The third-order valence-electron chi connectivity index (χ3n) is 17.2. The number of fused-ring (bicyclic) bond motifs is 2. The second kappa shape index (κ2) is 20.7. The van der Waals surface area contributed by atoms with Crippen LogP contribution in [0.4, 0.5) is 26.1 Å². The minimum Gasteiger partial charge on any atom is -0.490 e. The Kier molecular flexibility index (Phi) is 13.9. The number of carbonyl (C=O) groups is 2. The standard InChI is InChI=1S/C55H65ClF2N12O3/c1-35(71)68-25-17-49-46(34-68)53(69-22-3-4-36-28-44(38-32-60-65(2)33-38)45(52(57)58)30-50(36)69)64-70(49)41-13-18-55(19-14-41)20-26-66(27-21-55)40-15-23-67(24-16-40)51-12-11-48(62-63-51)54(72)61-39-6-9-42(10-7-39)73-43-8-5-37(31-59)47(56)29-43/h5,8,11-12,28-30,32-33,39-42,52H,3-4,6-7,9-10,13-27,34H2,1-2H3,(H,61,72). The quantitative estimate of drug-likeness (QED) is 0.142. The molecule has 7 heterocycles. The smallest absolute Gasteiger partial charge is 0.272 e. The number of piperidine rings is 2. The molecular weight excluding hydrogens is 950 g/mol. The van der Waals surface area contributed by atoms with Gasteiger partial charge in [-0.3, -0.25) is 19.0 Å². The fourth-order valence-corrected chi connectivity index (χ4v) is 13.1. The van der Waals surface area contributed by atoms with Gasteiger partial charge in [-0.15, -0.1) is 10.2 Å². The first-order valence-electron chi connectivity index (χ1n) is 26.5. The molecule has 73 heavy (non-hydrogen) atoms. The monoisotopic (exact) mass is 1010 g/mol. The highest BCUT2D eigenvalue weighted by molar-refractivity contribution is 6.31. The summed E-state index contributed by atoms with van der Waals surface area (Å²) in [6.07, 6.45) is 15.4. The molecule has 11 rings (SSSR count). The van der Waals surface area contributed by atoms with Crippen molar-refractivity contribution in [2.24, 2.45) is 12.5 Å². The molecule has 2 aliphatic carbocycles. The van der Waals surface area contributed by atoms with Crippen LogP contribution in [0.3, 0.4) is 0 Å². The van der Waals surface area contributed by atoms with Crippen LogP contribution in [0.25, 0.3) is 11.1 Å². The van der Waals surface area contributed by atoms with Crippen molar-refractivity contribution in [3.63, 3.8) is 0 Å². The number of nitrogens with zero attached hydrogens (tertiary/aromatic N) is 11. The van der Waals surface area contributed by atoms with Crippen molar-refractivity contribution in [1.82, 2.24) is 44.9 Å². The first-order valence-corrected chi connectivity index (χ1v) is 26.9. The predicted molar refractivity (Wildman–Crippen MR) is 274 cm³/mol. The summed E-state index contributed by atoms with van der Waals surface area (Å²) in [6.45, 7) is 7.45. The number of amides is 2. The van der Waals surface area contributed by atoms with E-state index in [0.717, 1.165) is 138 Å². The molecule has 1 spiro atoms. The molecule has 1 N–H and O–H groups in total. The molecule has 4 fully saturated rings. The number of anilines is 3. The number of ether oxygens (including phenoxy) is 1. The van der Waals surface area contributed by atoms with Gasteiger partial charge in [-0.1, -0.05) is 11.6 Å². The highest BCUT2D eigenvalue weighted by atomic mass is 35.5. The van der Waals surface area contributed by atoms with Crippen molar-refractivity contribution >= 4 is 40.7 Å². The minimum atomic E-state index is -2.65. The second-order valence-electron chi connectivity index (χ2n) is 21.5. The van der Waals surface area contributed by atoms with Crippen LogP contribution < -0.4 is 19.9 Å². The van der Waals surface area contributed by atoms with E-state index in [1.165, 1.54) is 18.5 Å². The predicted octanol–water partition coefficient (Wildman–Crippen LogP) is 9.51. The number of nitriles is 1. The topological polar surface area (TPSA) is 154 Å². The van der Waals surface area contributed by atoms with E-state index < -0.39 is 6.43 Å². The number of carbonyl (C=O) groups excluding carboxylic acids is 2. The van der Waals surface area contributed by atoms with Crippen LogP contribution in [0.15, 0.2) is 54.9 Å². The Morgan fingerprint density at radius 3 is 2.34 bits per heavy atom. The summed E-state index contributed by atoms with van der Waals surface area (Å²) < 4.78 is 39.7.